The van der Waals surface area contributed by atoms with Crippen LogP contribution >= 0.6 is 27.5 Å². The zero-order valence-corrected chi connectivity index (χ0v) is 11.3. The maximum atomic E-state index is 3.84. The average Bonchev–Trinajstić information content (AvgIpc) is 2.80. The molecule has 1 aromatic carbocycles. The molecular formula is C11H12BrN3S. The maximum absolute atomic E-state index is 3.84. The highest BCUT2D eigenvalue weighted by molar-refractivity contribution is 9.10. The van der Waals surface area contributed by atoms with E-state index in [1.165, 1.54) is 17.1 Å². The van der Waals surface area contributed by atoms with E-state index in [1.54, 1.807) is 6.20 Å². The lowest BCUT2D eigenvalue weighted by molar-refractivity contribution is 0.751. The smallest absolute Gasteiger partial charge is 0.130 e. The van der Waals surface area contributed by atoms with Gasteiger partial charge in [0.05, 0.1) is 12.2 Å². The second-order valence-corrected chi connectivity index (χ2v) is 5.14. The van der Waals surface area contributed by atoms with Gasteiger partial charge in [-0.25, -0.2) is 0 Å². The van der Waals surface area contributed by atoms with Crippen LogP contribution in [-0.4, -0.2) is 9.59 Å². The summed E-state index contributed by atoms with van der Waals surface area (Å²) < 4.78 is 4.94. The van der Waals surface area contributed by atoms with E-state index in [0.717, 1.165) is 15.9 Å². The number of nitrogens with zero attached hydrogens (tertiary/aromatic N) is 2. The van der Waals surface area contributed by atoms with Crippen molar-refractivity contribution in [3.05, 3.63) is 40.5 Å². The Bertz CT molecular complexity index is 427. The Hall–Kier alpha value is -0.940. The third kappa shape index (κ3) is 2.80. The van der Waals surface area contributed by atoms with Gasteiger partial charge in [0.2, 0.25) is 0 Å². The van der Waals surface area contributed by atoms with Crippen LogP contribution in [0.5, 0.6) is 0 Å². The van der Waals surface area contributed by atoms with Crippen LogP contribution in [-0.2, 0) is 0 Å². The third-order valence-electron chi connectivity index (χ3n) is 2.36. The van der Waals surface area contributed by atoms with E-state index in [2.05, 4.69) is 62.0 Å². The van der Waals surface area contributed by atoms with Gasteiger partial charge in [0.1, 0.15) is 5.00 Å². The molecular weight excluding hydrogens is 286 g/mol. The molecule has 0 radical (unpaired) electrons. The van der Waals surface area contributed by atoms with Crippen LogP contribution in [0.3, 0.4) is 0 Å². The molecule has 2 rings (SSSR count). The van der Waals surface area contributed by atoms with Crippen molar-refractivity contribution in [2.45, 2.75) is 19.4 Å². The highest BCUT2D eigenvalue weighted by Gasteiger charge is 2.09. The van der Waals surface area contributed by atoms with E-state index in [9.17, 15) is 0 Å². The molecule has 2 aromatic rings. The predicted molar refractivity (Wildman–Crippen MR) is 70.7 cm³/mol. The fourth-order valence-electron chi connectivity index (χ4n) is 1.52. The van der Waals surface area contributed by atoms with Gasteiger partial charge in [-0.3, -0.25) is 0 Å². The highest BCUT2D eigenvalue weighted by atomic mass is 79.9. The first kappa shape index (κ1) is 11.5. The molecule has 16 heavy (non-hydrogen) atoms. The van der Waals surface area contributed by atoms with Crippen LogP contribution in [0.25, 0.3) is 0 Å². The molecule has 1 aromatic heterocycles. The zero-order chi connectivity index (χ0) is 11.4. The average molecular weight is 298 g/mol. The second kappa shape index (κ2) is 5.41. The van der Waals surface area contributed by atoms with Gasteiger partial charge in [0.15, 0.2) is 0 Å². The van der Waals surface area contributed by atoms with Crippen molar-refractivity contribution in [1.82, 2.24) is 9.59 Å². The van der Waals surface area contributed by atoms with Gasteiger partial charge in [-0.05, 0) is 24.1 Å². The summed E-state index contributed by atoms with van der Waals surface area (Å²) in [6, 6.07) is 8.68. The van der Waals surface area contributed by atoms with Gasteiger partial charge in [-0.15, -0.1) is 5.10 Å². The van der Waals surface area contributed by atoms with Gasteiger partial charge in [-0.1, -0.05) is 39.5 Å². The molecule has 0 aliphatic carbocycles. The maximum Gasteiger partial charge on any atom is 0.130 e. The Kier molecular flexibility index (Phi) is 3.90. The minimum absolute atomic E-state index is 0.315. The van der Waals surface area contributed by atoms with Gasteiger partial charge in [-0.2, -0.15) is 0 Å². The number of rotatable bonds is 4. The predicted octanol–water partition coefficient (Wildman–Crippen LogP) is 3.86. The molecule has 0 saturated carbocycles. The lowest BCUT2D eigenvalue weighted by Crippen LogP contribution is -2.08. The Morgan fingerprint density at radius 2 is 2.12 bits per heavy atom. The summed E-state index contributed by atoms with van der Waals surface area (Å²) in [5.41, 5.74) is 1.28. The van der Waals surface area contributed by atoms with Gasteiger partial charge in [0.25, 0.3) is 0 Å². The largest absolute Gasteiger partial charge is 0.368 e. The molecule has 0 saturated heterocycles. The number of nitrogens with one attached hydrogen (secondary N) is 1. The standard InChI is InChI=1S/C11H12BrN3S/c1-2-10(14-11-7-13-15-16-11)8-3-5-9(12)6-4-8/h3-7,10,14H,2H2,1H3. The molecule has 3 nitrogen and oxygen atoms in total. The first-order chi connectivity index (χ1) is 7.79. The Labute approximate surface area is 107 Å². The van der Waals surface area contributed by atoms with Crippen LogP contribution in [0, 0.1) is 0 Å². The summed E-state index contributed by atoms with van der Waals surface area (Å²) in [5, 5.41) is 8.25. The zero-order valence-electron chi connectivity index (χ0n) is 8.85. The number of aromatic nitrogens is 2. The first-order valence-electron chi connectivity index (χ1n) is 5.09. The quantitative estimate of drug-likeness (QED) is 0.931. The number of hydrogen-bond donors (Lipinski definition) is 1. The van der Waals surface area contributed by atoms with Crippen molar-refractivity contribution in [2.75, 3.05) is 5.32 Å². The molecule has 0 aliphatic heterocycles. The van der Waals surface area contributed by atoms with E-state index in [1.807, 2.05) is 0 Å². The molecule has 1 unspecified atom stereocenters. The number of benzene rings is 1. The van der Waals surface area contributed by atoms with E-state index >= 15 is 0 Å². The highest BCUT2D eigenvalue weighted by Crippen LogP contribution is 2.24. The summed E-state index contributed by atoms with van der Waals surface area (Å²) in [6.45, 7) is 2.16. The summed E-state index contributed by atoms with van der Waals surface area (Å²) in [4.78, 5) is 0. The van der Waals surface area contributed by atoms with Crippen molar-refractivity contribution in [1.29, 1.82) is 0 Å². The molecule has 0 spiro atoms. The van der Waals surface area contributed by atoms with Gasteiger partial charge in [0, 0.05) is 16.0 Å². The molecule has 1 atom stereocenters. The fourth-order valence-corrected chi connectivity index (χ4v) is 2.25. The van der Waals surface area contributed by atoms with E-state index < -0.39 is 0 Å². The Morgan fingerprint density at radius 1 is 1.38 bits per heavy atom. The molecule has 5 heteroatoms. The number of halogens is 1. The monoisotopic (exact) mass is 297 g/mol. The van der Waals surface area contributed by atoms with E-state index in [4.69, 9.17) is 0 Å². The number of hydrogen-bond acceptors (Lipinski definition) is 4. The molecule has 0 fully saturated rings. The van der Waals surface area contributed by atoms with Crippen molar-refractivity contribution in [3.63, 3.8) is 0 Å². The van der Waals surface area contributed by atoms with Gasteiger partial charge < -0.3 is 5.32 Å². The molecule has 0 amide bonds. The Morgan fingerprint density at radius 3 is 2.69 bits per heavy atom. The number of anilines is 1. The first-order valence-corrected chi connectivity index (χ1v) is 6.65. The SMILES string of the molecule is CCC(Nc1cnns1)c1ccc(Br)cc1. The topological polar surface area (TPSA) is 37.8 Å². The van der Waals surface area contributed by atoms with Crippen molar-refractivity contribution < 1.29 is 0 Å². The minimum Gasteiger partial charge on any atom is -0.368 e. The molecule has 0 bridgehead atoms. The molecule has 1 N–H and O–H groups in total. The van der Waals surface area contributed by atoms with Crippen molar-refractivity contribution in [3.8, 4) is 0 Å². The normalized spacial score (nSPS) is 12.4. The van der Waals surface area contributed by atoms with Crippen LogP contribution < -0.4 is 5.32 Å². The minimum atomic E-state index is 0.315. The fraction of sp³-hybridized carbons (Fsp3) is 0.273. The lowest BCUT2D eigenvalue weighted by Gasteiger charge is -2.16. The summed E-state index contributed by atoms with van der Waals surface area (Å²) in [6.07, 6.45) is 2.78. The molecule has 84 valence electrons. The summed E-state index contributed by atoms with van der Waals surface area (Å²) >= 11 is 4.82. The Balaban J connectivity index is 2.13. The summed E-state index contributed by atoms with van der Waals surface area (Å²) in [5.74, 6) is 0. The lowest BCUT2D eigenvalue weighted by atomic mass is 10.1. The van der Waals surface area contributed by atoms with Crippen molar-refractivity contribution >= 4 is 32.5 Å². The van der Waals surface area contributed by atoms with Crippen LogP contribution in [0.2, 0.25) is 0 Å². The van der Waals surface area contributed by atoms with E-state index in [0.29, 0.717) is 6.04 Å². The third-order valence-corrected chi connectivity index (χ3v) is 3.48. The van der Waals surface area contributed by atoms with Gasteiger partial charge >= 0.3 is 0 Å². The molecule has 0 aliphatic rings. The van der Waals surface area contributed by atoms with Crippen molar-refractivity contribution in [2.24, 2.45) is 0 Å². The molecule has 1 heterocycles. The summed E-state index contributed by atoms with van der Waals surface area (Å²) in [7, 11) is 0. The van der Waals surface area contributed by atoms with Crippen LogP contribution in [0.4, 0.5) is 5.00 Å². The van der Waals surface area contributed by atoms with E-state index in [-0.39, 0.29) is 0 Å². The second-order valence-electron chi connectivity index (χ2n) is 3.44. The van der Waals surface area contributed by atoms with Crippen LogP contribution in [0.1, 0.15) is 24.9 Å². The van der Waals surface area contributed by atoms with Crippen LogP contribution in [0.15, 0.2) is 34.9 Å².